The minimum absolute atomic E-state index is 0.289. The fourth-order valence-electron chi connectivity index (χ4n) is 3.96. The molecule has 0 bridgehead atoms. The molecule has 4 heterocycles. The Bertz CT molecular complexity index is 1650. The molecule has 0 fully saturated rings. The van der Waals surface area contributed by atoms with Gasteiger partial charge in [0.2, 0.25) is 0 Å². The van der Waals surface area contributed by atoms with Gasteiger partial charge >= 0.3 is 0 Å². The van der Waals surface area contributed by atoms with Gasteiger partial charge in [0.1, 0.15) is 22.8 Å². The predicted octanol–water partition coefficient (Wildman–Crippen LogP) is 5.09. The molecule has 9 heteroatoms. The molecule has 7 nitrogen and oxygen atoms in total. The topological polar surface area (TPSA) is 109 Å². The highest BCUT2D eigenvalue weighted by Gasteiger charge is 2.20. The fraction of sp³-hybridized carbons (Fsp3) is 0. The van der Waals surface area contributed by atoms with Crippen LogP contribution in [-0.2, 0) is 0 Å². The van der Waals surface area contributed by atoms with Gasteiger partial charge in [0, 0.05) is 35.3 Å². The summed E-state index contributed by atoms with van der Waals surface area (Å²) in [6.45, 7) is 0. The minimum atomic E-state index is -0.462. The number of aromatic amines is 2. The van der Waals surface area contributed by atoms with Crippen molar-refractivity contribution in [2.24, 2.45) is 0 Å². The number of fused-ring (bicyclic) bond motifs is 2. The van der Waals surface area contributed by atoms with E-state index in [1.807, 2.05) is 0 Å². The van der Waals surface area contributed by atoms with Crippen molar-refractivity contribution in [2.45, 2.75) is 0 Å². The number of hydrogen-bond acceptors (Lipinski definition) is 5. The van der Waals surface area contributed by atoms with Crippen LogP contribution in [0.3, 0.4) is 0 Å². The van der Waals surface area contributed by atoms with Crippen LogP contribution in [0, 0.1) is 11.6 Å². The summed E-state index contributed by atoms with van der Waals surface area (Å²) < 4.78 is 29.1. The average Bonchev–Trinajstić information content (AvgIpc) is 3.44. The Labute approximate surface area is 185 Å². The number of aromatic nitrogens is 6. The van der Waals surface area contributed by atoms with Crippen LogP contribution in [0.2, 0.25) is 0 Å². The Morgan fingerprint density at radius 2 is 1.73 bits per heavy atom. The van der Waals surface area contributed by atoms with Crippen LogP contribution < -0.4 is 5.73 Å². The Balaban J connectivity index is 1.54. The Hall–Kier alpha value is -4.66. The lowest BCUT2D eigenvalue weighted by Gasteiger charge is -2.05. The Morgan fingerprint density at radius 3 is 2.55 bits per heavy atom. The van der Waals surface area contributed by atoms with Crippen molar-refractivity contribution in [1.29, 1.82) is 0 Å². The first kappa shape index (κ1) is 19.1. The zero-order valence-corrected chi connectivity index (χ0v) is 17.0. The summed E-state index contributed by atoms with van der Waals surface area (Å²) in [6.07, 6.45) is 4.70. The van der Waals surface area contributed by atoms with Crippen LogP contribution in [0.25, 0.3) is 55.8 Å². The molecule has 0 amide bonds. The van der Waals surface area contributed by atoms with E-state index in [1.54, 1.807) is 48.8 Å². The lowest BCUT2D eigenvalue weighted by Crippen LogP contribution is -1.91. The van der Waals surface area contributed by atoms with E-state index < -0.39 is 5.82 Å². The van der Waals surface area contributed by atoms with Gasteiger partial charge in [0.05, 0.1) is 16.6 Å². The molecule has 160 valence electrons. The van der Waals surface area contributed by atoms with Crippen LogP contribution in [0.4, 0.5) is 14.5 Å². The summed E-state index contributed by atoms with van der Waals surface area (Å²) in [6, 6.07) is 13.0. The number of H-pyrrole nitrogens is 2. The predicted molar refractivity (Wildman–Crippen MR) is 122 cm³/mol. The molecule has 33 heavy (non-hydrogen) atoms. The Kier molecular flexibility index (Phi) is 4.16. The molecule has 0 unspecified atom stereocenters. The van der Waals surface area contributed by atoms with Gasteiger partial charge in [-0.2, -0.15) is 5.10 Å². The van der Waals surface area contributed by atoms with Gasteiger partial charge in [-0.25, -0.2) is 18.7 Å². The number of anilines is 1. The van der Waals surface area contributed by atoms with Gasteiger partial charge in [-0.1, -0.05) is 12.1 Å². The lowest BCUT2D eigenvalue weighted by atomic mass is 10.0. The van der Waals surface area contributed by atoms with E-state index in [1.165, 1.54) is 18.3 Å². The van der Waals surface area contributed by atoms with Crippen molar-refractivity contribution in [3.05, 3.63) is 78.8 Å². The van der Waals surface area contributed by atoms with Crippen molar-refractivity contribution < 1.29 is 8.78 Å². The smallest absolute Gasteiger partial charge is 0.161 e. The molecule has 0 spiro atoms. The lowest BCUT2D eigenvalue weighted by molar-refractivity contribution is 0.628. The van der Waals surface area contributed by atoms with Crippen LogP contribution in [0.5, 0.6) is 0 Å². The summed E-state index contributed by atoms with van der Waals surface area (Å²) in [5.41, 5.74) is 10.7. The first-order valence-corrected chi connectivity index (χ1v) is 10.1. The normalized spacial score (nSPS) is 11.5. The summed E-state index contributed by atoms with van der Waals surface area (Å²) in [5.74, 6) is -0.424. The van der Waals surface area contributed by atoms with Crippen LogP contribution in [0.1, 0.15) is 0 Å². The maximum atomic E-state index is 15.7. The molecule has 4 N–H and O–H groups in total. The van der Waals surface area contributed by atoms with E-state index in [4.69, 9.17) is 5.73 Å². The third kappa shape index (κ3) is 3.09. The highest BCUT2D eigenvalue weighted by molar-refractivity contribution is 5.98. The number of nitrogens with zero attached hydrogens (tertiary/aromatic N) is 4. The van der Waals surface area contributed by atoms with Crippen LogP contribution >= 0.6 is 0 Å². The van der Waals surface area contributed by atoms with Gasteiger partial charge in [-0.3, -0.25) is 10.1 Å². The summed E-state index contributed by atoms with van der Waals surface area (Å²) in [5, 5.41) is 7.46. The quantitative estimate of drug-likeness (QED) is 0.356. The number of nitrogens with one attached hydrogen (secondary N) is 2. The maximum absolute atomic E-state index is 15.7. The number of nitrogen functional groups attached to an aromatic ring is 1. The Morgan fingerprint density at radius 1 is 0.879 bits per heavy atom. The molecular formula is C24H15F2N7. The van der Waals surface area contributed by atoms with E-state index in [-0.39, 0.29) is 11.2 Å². The molecule has 0 aliphatic rings. The average molecular weight is 439 g/mol. The summed E-state index contributed by atoms with van der Waals surface area (Å²) >= 11 is 0. The highest BCUT2D eigenvalue weighted by atomic mass is 19.1. The maximum Gasteiger partial charge on any atom is 0.161 e. The first-order valence-electron chi connectivity index (χ1n) is 10.1. The second-order valence-electron chi connectivity index (χ2n) is 7.58. The van der Waals surface area contributed by atoms with Gasteiger partial charge < -0.3 is 10.7 Å². The SMILES string of the molecule is Nc1cncc(-c2ccc3[nH]nc(-c4nc5c(-c6ccc(F)cc6)ccnc5[nH]4)c3c2F)c1. The summed E-state index contributed by atoms with van der Waals surface area (Å²) in [4.78, 5) is 16.2. The molecule has 0 saturated carbocycles. The monoisotopic (exact) mass is 439 g/mol. The van der Waals surface area contributed by atoms with Gasteiger partial charge in [0.15, 0.2) is 11.5 Å². The molecule has 4 aromatic heterocycles. The highest BCUT2D eigenvalue weighted by Crippen LogP contribution is 2.35. The largest absolute Gasteiger partial charge is 0.397 e. The number of halogens is 2. The number of benzene rings is 2. The molecule has 6 aromatic rings. The first-order chi connectivity index (χ1) is 16.1. The molecular weight excluding hydrogens is 424 g/mol. The number of rotatable bonds is 3. The van der Waals surface area contributed by atoms with Crippen LogP contribution in [0.15, 0.2) is 67.1 Å². The number of hydrogen-bond donors (Lipinski definition) is 3. The van der Waals surface area contributed by atoms with Gasteiger partial charge in [-0.15, -0.1) is 0 Å². The fourth-order valence-corrected chi connectivity index (χ4v) is 3.96. The number of nitrogens with two attached hydrogens (primary N) is 1. The van der Waals surface area contributed by atoms with E-state index in [0.29, 0.717) is 45.0 Å². The standard InChI is InChI=1S/C24H15F2N7/c25-14-3-1-12(2-4-14)17-7-8-29-23-21(17)30-24(31-23)22-19-18(32-33-22)6-5-16(20(19)26)13-9-15(27)11-28-10-13/h1-11H,27H2,(H,32,33)(H,29,30,31). The van der Waals surface area contributed by atoms with Gasteiger partial charge in [0.25, 0.3) is 0 Å². The molecule has 0 saturated heterocycles. The molecule has 0 atom stereocenters. The van der Waals surface area contributed by atoms with Crippen molar-refractivity contribution in [3.8, 4) is 33.8 Å². The van der Waals surface area contributed by atoms with E-state index >= 15 is 4.39 Å². The van der Waals surface area contributed by atoms with Crippen molar-refractivity contribution in [2.75, 3.05) is 5.73 Å². The molecule has 0 aliphatic carbocycles. The zero-order chi connectivity index (χ0) is 22.5. The van der Waals surface area contributed by atoms with Crippen molar-refractivity contribution in [3.63, 3.8) is 0 Å². The van der Waals surface area contributed by atoms with Crippen molar-refractivity contribution >= 4 is 27.8 Å². The van der Waals surface area contributed by atoms with Crippen LogP contribution in [-0.4, -0.2) is 30.1 Å². The van der Waals surface area contributed by atoms with E-state index in [2.05, 4.69) is 30.1 Å². The van der Waals surface area contributed by atoms with Crippen molar-refractivity contribution in [1.82, 2.24) is 30.1 Å². The summed E-state index contributed by atoms with van der Waals surface area (Å²) in [7, 11) is 0. The minimum Gasteiger partial charge on any atom is -0.397 e. The molecule has 0 radical (unpaired) electrons. The zero-order valence-electron chi connectivity index (χ0n) is 17.0. The van der Waals surface area contributed by atoms with E-state index in [0.717, 1.165) is 11.1 Å². The third-order valence-electron chi connectivity index (χ3n) is 5.50. The molecule has 0 aliphatic heterocycles. The van der Waals surface area contributed by atoms with Gasteiger partial charge in [-0.05, 0) is 42.0 Å². The molecule has 2 aromatic carbocycles. The molecule has 6 rings (SSSR count). The number of pyridine rings is 2. The second-order valence-corrected chi connectivity index (χ2v) is 7.58. The van der Waals surface area contributed by atoms with E-state index in [9.17, 15) is 4.39 Å². The third-order valence-corrected chi connectivity index (χ3v) is 5.50. The number of imidazole rings is 1. The second kappa shape index (κ2) is 7.20.